The van der Waals surface area contributed by atoms with Gasteiger partial charge < -0.3 is 0 Å². The largest absolute Gasteiger partial charge is 0.201 e. The molecule has 1 aliphatic carbocycles. The molecule has 0 saturated carbocycles. The molecule has 168 valence electrons. The van der Waals surface area contributed by atoms with E-state index in [9.17, 15) is 0 Å². The minimum atomic E-state index is 0.188. The lowest BCUT2D eigenvalue weighted by Crippen LogP contribution is -2.62. The number of nitrogens with zero attached hydrogens (tertiary/aromatic N) is 2. The molecule has 0 N–H and O–H groups in total. The Hall–Kier alpha value is -4.30. The molecule has 0 radical (unpaired) electrons. The molecule has 0 unspecified atom stereocenters. The summed E-state index contributed by atoms with van der Waals surface area (Å²) in [6.45, 7) is 0. The molecule has 2 nitrogen and oxygen atoms in total. The first-order valence-corrected chi connectivity index (χ1v) is 12.9. The highest BCUT2D eigenvalue weighted by molar-refractivity contribution is 5.90. The molecule has 0 saturated heterocycles. The van der Waals surface area contributed by atoms with Gasteiger partial charge in [0, 0.05) is 35.4 Å². The van der Waals surface area contributed by atoms with Crippen LogP contribution in [0.5, 0.6) is 0 Å². The summed E-state index contributed by atoms with van der Waals surface area (Å²) in [6, 6.07) is 41.4. The van der Waals surface area contributed by atoms with Gasteiger partial charge >= 0.3 is 0 Å². The van der Waals surface area contributed by atoms with Gasteiger partial charge in [0.1, 0.15) is 11.8 Å². The van der Waals surface area contributed by atoms with E-state index in [4.69, 9.17) is 0 Å². The van der Waals surface area contributed by atoms with E-state index in [-0.39, 0.29) is 23.9 Å². The predicted octanol–water partition coefficient (Wildman–Crippen LogP) is 6.35. The second-order valence-electron chi connectivity index (χ2n) is 10.5. The highest BCUT2D eigenvalue weighted by Crippen LogP contribution is 2.56. The highest BCUT2D eigenvalue weighted by Gasteiger charge is 2.59. The molecule has 6 aromatic rings. The lowest BCUT2D eigenvalue weighted by Gasteiger charge is -2.42. The van der Waals surface area contributed by atoms with Crippen LogP contribution in [0.1, 0.15) is 57.6 Å². The van der Waals surface area contributed by atoms with Crippen LogP contribution in [0.25, 0.3) is 21.5 Å². The van der Waals surface area contributed by atoms with Gasteiger partial charge in [0.15, 0.2) is 23.8 Å². The quantitative estimate of drug-likeness (QED) is 0.233. The molecule has 6 aliphatic rings. The standard InChI is InChI=1S/C34H24N2/c1-3-11-23-21(9-1)15-17-25-29(23)33-32-26-18-16-22-10-2-4-12-24(22)30(26)34(36-20-8-6-14-28(32)36)31(25)27-13-5-7-19-35(27)33/h1-20,31-34H/q+2/t31-,32+,33-,34+. The minimum absolute atomic E-state index is 0.188. The van der Waals surface area contributed by atoms with Crippen LogP contribution in [0.2, 0.25) is 0 Å². The third-order valence-electron chi connectivity index (χ3n) is 8.98. The van der Waals surface area contributed by atoms with Crippen molar-refractivity contribution in [1.29, 1.82) is 0 Å². The van der Waals surface area contributed by atoms with Crippen LogP contribution in [0.4, 0.5) is 0 Å². The maximum atomic E-state index is 2.60. The molecule has 2 aromatic heterocycles. The molecule has 4 atom stereocenters. The SMILES string of the molecule is c1cc[n+]2c(c1)[C@H]1c3ccc4ccccc4c3[C@@H]2[C@H]2c3ccc4ccccc4c3[C@@H]1[n+]1ccccc12. The Kier molecular flexibility index (Phi) is 3.51. The topological polar surface area (TPSA) is 7.76 Å². The van der Waals surface area contributed by atoms with Crippen molar-refractivity contribution in [3.8, 4) is 0 Å². The maximum Gasteiger partial charge on any atom is 0.201 e. The van der Waals surface area contributed by atoms with Crippen LogP contribution >= 0.6 is 0 Å². The molecule has 0 amide bonds. The first kappa shape index (κ1) is 19.0. The second-order valence-corrected chi connectivity index (χ2v) is 10.5. The van der Waals surface area contributed by atoms with Gasteiger partial charge in [-0.2, -0.15) is 9.13 Å². The number of benzene rings is 4. The Morgan fingerprint density at radius 3 is 1.36 bits per heavy atom. The predicted molar refractivity (Wildman–Crippen MR) is 141 cm³/mol. The molecule has 5 aliphatic heterocycles. The number of hydrogen-bond donors (Lipinski definition) is 0. The smallest absolute Gasteiger partial charge is 0.193 e. The highest BCUT2D eigenvalue weighted by atomic mass is 15.1. The summed E-state index contributed by atoms with van der Waals surface area (Å²) < 4.78 is 5.21. The number of hydrogen-bond acceptors (Lipinski definition) is 0. The second kappa shape index (κ2) is 6.67. The lowest BCUT2D eigenvalue weighted by atomic mass is 9.64. The van der Waals surface area contributed by atoms with Crippen molar-refractivity contribution in [2.24, 2.45) is 0 Å². The van der Waals surface area contributed by atoms with Crippen LogP contribution in [-0.2, 0) is 0 Å². The Morgan fingerprint density at radius 1 is 0.417 bits per heavy atom. The molecular weight excluding hydrogens is 436 g/mol. The number of rotatable bonds is 0. The molecule has 4 bridgehead atoms. The fourth-order valence-electron chi connectivity index (χ4n) is 7.72. The van der Waals surface area contributed by atoms with Gasteiger partial charge in [-0.25, -0.2) is 0 Å². The fraction of sp³-hybridized carbons (Fsp3) is 0.118. The van der Waals surface area contributed by atoms with E-state index in [1.54, 1.807) is 0 Å². The summed E-state index contributed by atoms with van der Waals surface area (Å²) in [5.41, 5.74) is 8.82. The van der Waals surface area contributed by atoms with E-state index in [0.29, 0.717) is 0 Å². The Morgan fingerprint density at radius 2 is 0.861 bits per heavy atom. The first-order valence-electron chi connectivity index (χ1n) is 12.9. The van der Waals surface area contributed by atoms with Gasteiger partial charge in [-0.1, -0.05) is 84.9 Å². The van der Waals surface area contributed by atoms with Crippen molar-refractivity contribution in [2.45, 2.75) is 23.9 Å². The maximum absolute atomic E-state index is 2.60. The van der Waals surface area contributed by atoms with Crippen molar-refractivity contribution < 1.29 is 9.13 Å². The van der Waals surface area contributed by atoms with Crippen molar-refractivity contribution >= 4 is 21.5 Å². The Labute approximate surface area is 209 Å². The molecular formula is C34H24N2+2. The van der Waals surface area contributed by atoms with Gasteiger partial charge in [0.2, 0.25) is 12.1 Å². The molecule has 2 heteroatoms. The summed E-state index contributed by atoms with van der Waals surface area (Å²) in [5, 5.41) is 5.45. The van der Waals surface area contributed by atoms with Crippen molar-refractivity contribution in [3.05, 3.63) is 155 Å². The van der Waals surface area contributed by atoms with Crippen molar-refractivity contribution in [3.63, 3.8) is 0 Å². The van der Waals surface area contributed by atoms with Gasteiger partial charge in [-0.15, -0.1) is 0 Å². The van der Waals surface area contributed by atoms with Crippen LogP contribution in [-0.4, -0.2) is 0 Å². The number of pyridine rings is 2. The molecule has 12 rings (SSSR count). The first-order chi connectivity index (χ1) is 17.9. The summed E-state index contributed by atoms with van der Waals surface area (Å²) in [5.74, 6) is 0.443. The fourth-order valence-corrected chi connectivity index (χ4v) is 7.72. The third kappa shape index (κ3) is 2.19. The van der Waals surface area contributed by atoms with E-state index in [2.05, 4.69) is 131 Å². The normalized spacial score (nSPS) is 22.4. The van der Waals surface area contributed by atoms with Gasteiger partial charge in [0.05, 0.1) is 0 Å². The van der Waals surface area contributed by atoms with E-state index < -0.39 is 0 Å². The molecule has 0 spiro atoms. The summed E-state index contributed by atoms with van der Waals surface area (Å²) >= 11 is 0. The zero-order chi connectivity index (χ0) is 23.4. The molecule has 4 aromatic carbocycles. The average molecular weight is 461 g/mol. The zero-order valence-corrected chi connectivity index (χ0v) is 19.8. The van der Waals surface area contributed by atoms with Crippen LogP contribution in [0.3, 0.4) is 0 Å². The average Bonchev–Trinajstić information content (AvgIpc) is 2.93. The van der Waals surface area contributed by atoms with E-state index in [1.165, 1.54) is 55.2 Å². The van der Waals surface area contributed by atoms with E-state index in [1.807, 2.05) is 0 Å². The molecule has 7 heterocycles. The van der Waals surface area contributed by atoms with Crippen molar-refractivity contribution in [2.75, 3.05) is 0 Å². The minimum Gasteiger partial charge on any atom is -0.193 e. The van der Waals surface area contributed by atoms with Gasteiger partial charge in [-0.05, 0) is 32.7 Å². The Balaban J connectivity index is 1.52. The summed E-state index contributed by atoms with van der Waals surface area (Å²) in [6.07, 6.45) is 4.65. The third-order valence-corrected chi connectivity index (χ3v) is 8.98. The number of fused-ring (bicyclic) bond motifs is 2. The Bertz CT molecular complexity index is 1750. The molecule has 0 fully saturated rings. The van der Waals surface area contributed by atoms with Gasteiger partial charge in [-0.3, -0.25) is 0 Å². The monoisotopic (exact) mass is 460 g/mol. The van der Waals surface area contributed by atoms with Crippen LogP contribution in [0, 0.1) is 0 Å². The van der Waals surface area contributed by atoms with Gasteiger partial charge in [0.25, 0.3) is 0 Å². The van der Waals surface area contributed by atoms with Crippen LogP contribution in [0.15, 0.2) is 122 Å². The van der Waals surface area contributed by atoms with Crippen LogP contribution < -0.4 is 9.13 Å². The zero-order valence-electron chi connectivity index (χ0n) is 19.8. The lowest BCUT2D eigenvalue weighted by molar-refractivity contribution is -0.769. The van der Waals surface area contributed by atoms with E-state index >= 15 is 0 Å². The van der Waals surface area contributed by atoms with Crippen molar-refractivity contribution in [1.82, 2.24) is 0 Å². The summed E-state index contributed by atoms with van der Waals surface area (Å²) in [7, 11) is 0. The van der Waals surface area contributed by atoms with E-state index in [0.717, 1.165) is 0 Å². The molecule has 36 heavy (non-hydrogen) atoms. The summed E-state index contributed by atoms with van der Waals surface area (Å²) in [4.78, 5) is 0. The number of aromatic nitrogens is 2.